The van der Waals surface area contributed by atoms with Crippen LogP contribution in [-0.2, 0) is 14.3 Å². The highest BCUT2D eigenvalue weighted by Crippen LogP contribution is 2.44. The maximum absolute atomic E-state index is 12.5. The highest BCUT2D eigenvalue weighted by molar-refractivity contribution is 6.05. The molecule has 5 nitrogen and oxygen atoms in total. The number of esters is 1. The van der Waals surface area contributed by atoms with Crippen LogP contribution in [0.3, 0.4) is 0 Å². The van der Waals surface area contributed by atoms with Crippen LogP contribution in [0.1, 0.15) is 26.2 Å². The molecule has 0 amide bonds. The van der Waals surface area contributed by atoms with Crippen molar-refractivity contribution in [3.63, 3.8) is 0 Å². The molecule has 1 aliphatic rings. The van der Waals surface area contributed by atoms with Crippen LogP contribution in [0.2, 0.25) is 0 Å². The molecule has 1 aromatic carbocycles. The van der Waals surface area contributed by atoms with Crippen molar-refractivity contribution in [3.8, 4) is 11.5 Å². The summed E-state index contributed by atoms with van der Waals surface area (Å²) in [5, 5.41) is 0. The van der Waals surface area contributed by atoms with Gasteiger partial charge in [-0.05, 0) is 36.6 Å². The number of ether oxygens (including phenoxy) is 3. The molecule has 0 heterocycles. The van der Waals surface area contributed by atoms with Gasteiger partial charge in [0.2, 0.25) is 0 Å². The lowest BCUT2D eigenvalue weighted by molar-refractivity contribution is -0.161. The molecule has 1 aromatic rings. The van der Waals surface area contributed by atoms with Crippen molar-refractivity contribution in [2.45, 2.75) is 26.2 Å². The summed E-state index contributed by atoms with van der Waals surface area (Å²) in [4.78, 5) is 24.9. The Morgan fingerprint density at radius 2 is 2.00 bits per heavy atom. The molecular weight excluding hydrogens is 308 g/mol. The van der Waals surface area contributed by atoms with Gasteiger partial charge in [0, 0.05) is 12.8 Å². The quantitative estimate of drug-likeness (QED) is 0.416. The molecular formula is C19H24O5. The van der Waals surface area contributed by atoms with Crippen molar-refractivity contribution in [3.05, 3.63) is 36.9 Å². The first-order valence-electron chi connectivity index (χ1n) is 8.13. The van der Waals surface area contributed by atoms with Gasteiger partial charge in [0.15, 0.2) is 5.78 Å². The summed E-state index contributed by atoms with van der Waals surface area (Å²) in [6.45, 7) is 5.84. The molecule has 130 valence electrons. The normalized spacial score (nSPS) is 22.9. The Labute approximate surface area is 142 Å². The molecule has 0 N–H and O–H groups in total. The predicted octanol–water partition coefficient (Wildman–Crippen LogP) is 3.18. The smallest absolute Gasteiger partial charge is 0.320 e. The topological polar surface area (TPSA) is 61.8 Å². The first kappa shape index (κ1) is 18.0. The van der Waals surface area contributed by atoms with Gasteiger partial charge in [-0.25, -0.2) is 0 Å². The van der Waals surface area contributed by atoms with E-state index in [2.05, 4.69) is 6.58 Å². The highest BCUT2D eigenvalue weighted by atomic mass is 16.5. The Hall–Kier alpha value is -2.30. The third kappa shape index (κ3) is 3.61. The maximum Gasteiger partial charge on any atom is 0.320 e. The Morgan fingerprint density at radius 1 is 1.33 bits per heavy atom. The average molecular weight is 332 g/mol. The number of Topliss-reactive ketones (excluding diaryl/α,β-unsaturated/α-hetero) is 1. The van der Waals surface area contributed by atoms with Crippen LogP contribution in [-0.4, -0.2) is 32.1 Å². The monoisotopic (exact) mass is 332 g/mol. The van der Waals surface area contributed by atoms with Crippen LogP contribution in [0.4, 0.5) is 0 Å². The molecule has 1 aliphatic carbocycles. The van der Waals surface area contributed by atoms with Gasteiger partial charge in [-0.2, -0.15) is 0 Å². The Morgan fingerprint density at radius 3 is 2.54 bits per heavy atom. The summed E-state index contributed by atoms with van der Waals surface area (Å²) in [5.74, 6) is 0.842. The first-order valence-corrected chi connectivity index (χ1v) is 8.13. The summed E-state index contributed by atoms with van der Waals surface area (Å²) in [5.41, 5.74) is -1.10. The second kappa shape index (κ2) is 7.99. The van der Waals surface area contributed by atoms with Gasteiger partial charge in [0.25, 0.3) is 0 Å². The molecule has 1 fully saturated rings. The van der Waals surface area contributed by atoms with E-state index in [1.54, 1.807) is 31.4 Å². The van der Waals surface area contributed by atoms with E-state index < -0.39 is 11.4 Å². The predicted molar refractivity (Wildman–Crippen MR) is 90.1 cm³/mol. The van der Waals surface area contributed by atoms with Crippen molar-refractivity contribution >= 4 is 11.8 Å². The number of methoxy groups -OCH3 is 1. The number of rotatable bonds is 8. The van der Waals surface area contributed by atoms with Crippen LogP contribution in [0.15, 0.2) is 36.9 Å². The van der Waals surface area contributed by atoms with E-state index >= 15 is 0 Å². The van der Waals surface area contributed by atoms with Crippen LogP contribution in [0, 0.1) is 11.3 Å². The van der Waals surface area contributed by atoms with E-state index in [-0.39, 0.29) is 24.9 Å². The van der Waals surface area contributed by atoms with E-state index in [9.17, 15) is 9.59 Å². The molecule has 5 heteroatoms. The largest absolute Gasteiger partial charge is 0.497 e. The average Bonchev–Trinajstić information content (AvgIpc) is 2.89. The number of carbonyl (C=O) groups is 2. The highest BCUT2D eigenvalue weighted by Gasteiger charge is 2.54. The molecule has 0 bridgehead atoms. The number of carbonyl (C=O) groups excluding carboxylic acids is 2. The zero-order valence-electron chi connectivity index (χ0n) is 14.2. The minimum absolute atomic E-state index is 0.0533. The molecule has 0 aliphatic heterocycles. The standard InChI is InChI=1S/C19H24O5/c1-4-12-24-18(21)19(14(2)5-10-17(19)20)11-13-23-16-8-6-15(22-3)7-9-16/h4,6-9,14H,1,5,10-13H2,2-3H3/t14-,19?/m1/s1. The zero-order valence-corrected chi connectivity index (χ0v) is 14.2. The van der Waals surface area contributed by atoms with Gasteiger partial charge in [0.1, 0.15) is 23.5 Å². The molecule has 0 aromatic heterocycles. The molecule has 2 atom stereocenters. The Balaban J connectivity index is 2.04. The van der Waals surface area contributed by atoms with Crippen LogP contribution < -0.4 is 9.47 Å². The minimum Gasteiger partial charge on any atom is -0.497 e. The summed E-state index contributed by atoms with van der Waals surface area (Å²) in [6, 6.07) is 7.18. The van der Waals surface area contributed by atoms with Gasteiger partial charge >= 0.3 is 5.97 Å². The summed E-state index contributed by atoms with van der Waals surface area (Å²) >= 11 is 0. The molecule has 2 rings (SSSR count). The second-order valence-corrected chi connectivity index (χ2v) is 6.00. The van der Waals surface area contributed by atoms with Gasteiger partial charge in [-0.3, -0.25) is 9.59 Å². The third-order valence-corrected chi connectivity index (χ3v) is 4.66. The lowest BCUT2D eigenvalue weighted by Crippen LogP contribution is -2.42. The SMILES string of the molecule is C=CCOC(=O)C1(CCOc2ccc(OC)cc2)C(=O)CC[C@H]1C. The molecule has 1 saturated carbocycles. The summed E-state index contributed by atoms with van der Waals surface area (Å²) in [7, 11) is 1.60. The van der Waals surface area contributed by atoms with Crippen molar-refractivity contribution in [1.82, 2.24) is 0 Å². The second-order valence-electron chi connectivity index (χ2n) is 6.00. The summed E-state index contributed by atoms with van der Waals surface area (Å²) in [6.07, 6.45) is 2.93. The molecule has 0 radical (unpaired) electrons. The molecule has 1 unspecified atom stereocenters. The molecule has 24 heavy (non-hydrogen) atoms. The number of ketones is 1. The van der Waals surface area contributed by atoms with Gasteiger partial charge in [0.05, 0.1) is 13.7 Å². The minimum atomic E-state index is -1.10. The number of hydrogen-bond donors (Lipinski definition) is 0. The van der Waals surface area contributed by atoms with E-state index in [0.717, 1.165) is 5.75 Å². The maximum atomic E-state index is 12.5. The lowest BCUT2D eigenvalue weighted by atomic mass is 9.75. The van der Waals surface area contributed by atoms with E-state index in [0.29, 0.717) is 25.0 Å². The van der Waals surface area contributed by atoms with E-state index in [4.69, 9.17) is 14.2 Å². The van der Waals surface area contributed by atoms with Crippen LogP contribution in [0.5, 0.6) is 11.5 Å². The Kier molecular flexibility index (Phi) is 6.01. The molecule has 0 spiro atoms. The fraction of sp³-hybridized carbons (Fsp3) is 0.474. The number of benzene rings is 1. The van der Waals surface area contributed by atoms with Crippen molar-refractivity contribution < 1.29 is 23.8 Å². The first-order chi connectivity index (χ1) is 11.5. The fourth-order valence-electron chi connectivity index (χ4n) is 3.16. The van der Waals surface area contributed by atoms with E-state index in [1.165, 1.54) is 6.08 Å². The van der Waals surface area contributed by atoms with Crippen molar-refractivity contribution in [2.75, 3.05) is 20.3 Å². The zero-order chi connectivity index (χ0) is 17.6. The van der Waals surface area contributed by atoms with Crippen molar-refractivity contribution in [2.24, 2.45) is 11.3 Å². The van der Waals surface area contributed by atoms with Crippen LogP contribution >= 0.6 is 0 Å². The summed E-state index contributed by atoms with van der Waals surface area (Å²) < 4.78 is 16.0. The Bertz CT molecular complexity index is 592. The lowest BCUT2D eigenvalue weighted by Gasteiger charge is -2.29. The van der Waals surface area contributed by atoms with Crippen molar-refractivity contribution in [1.29, 1.82) is 0 Å². The van der Waals surface area contributed by atoms with Gasteiger partial charge in [-0.1, -0.05) is 19.6 Å². The van der Waals surface area contributed by atoms with E-state index in [1.807, 2.05) is 6.92 Å². The fourth-order valence-corrected chi connectivity index (χ4v) is 3.16. The van der Waals surface area contributed by atoms with Gasteiger partial charge in [-0.15, -0.1) is 0 Å². The van der Waals surface area contributed by atoms with Crippen LogP contribution in [0.25, 0.3) is 0 Å². The third-order valence-electron chi connectivity index (χ3n) is 4.66. The molecule has 0 saturated heterocycles. The van der Waals surface area contributed by atoms with Gasteiger partial charge < -0.3 is 14.2 Å². The number of hydrogen-bond acceptors (Lipinski definition) is 5.